The van der Waals surface area contributed by atoms with Crippen LogP contribution in [-0.4, -0.2) is 9.97 Å². The molecule has 0 radical (unpaired) electrons. The van der Waals surface area contributed by atoms with Crippen LogP contribution in [0, 0.1) is 0 Å². The number of rotatable bonds is 5. The van der Waals surface area contributed by atoms with Gasteiger partial charge in [0.1, 0.15) is 16.0 Å². The van der Waals surface area contributed by atoms with Gasteiger partial charge in [0.05, 0.1) is 0 Å². The fourth-order valence-corrected chi connectivity index (χ4v) is 2.85. The van der Waals surface area contributed by atoms with E-state index >= 15 is 0 Å². The Balaban J connectivity index is 2.04. The van der Waals surface area contributed by atoms with Crippen LogP contribution in [0.25, 0.3) is 0 Å². The van der Waals surface area contributed by atoms with Gasteiger partial charge < -0.3 is 0 Å². The molecule has 2 nitrogen and oxygen atoms in total. The van der Waals surface area contributed by atoms with Gasteiger partial charge in [-0.15, -0.1) is 11.8 Å². The van der Waals surface area contributed by atoms with Crippen molar-refractivity contribution in [2.45, 2.75) is 30.5 Å². The first-order chi connectivity index (χ1) is 9.17. The topological polar surface area (TPSA) is 25.8 Å². The van der Waals surface area contributed by atoms with Crippen molar-refractivity contribution >= 4 is 35.0 Å². The summed E-state index contributed by atoms with van der Waals surface area (Å²) in [5.74, 6) is 1.66. The van der Waals surface area contributed by atoms with Crippen LogP contribution in [0.1, 0.15) is 24.7 Å². The van der Waals surface area contributed by atoms with Crippen LogP contribution in [-0.2, 0) is 12.2 Å². The summed E-state index contributed by atoms with van der Waals surface area (Å²) in [6.07, 6.45) is 1.87. The van der Waals surface area contributed by atoms with Gasteiger partial charge in [-0.3, -0.25) is 0 Å². The second kappa shape index (κ2) is 7.13. The Morgan fingerprint density at radius 2 is 1.84 bits per heavy atom. The van der Waals surface area contributed by atoms with Crippen molar-refractivity contribution in [3.8, 4) is 0 Å². The second-order valence-corrected chi connectivity index (χ2v) is 5.93. The number of benzene rings is 1. The van der Waals surface area contributed by atoms with Crippen molar-refractivity contribution in [1.29, 1.82) is 0 Å². The highest BCUT2D eigenvalue weighted by Gasteiger charge is 2.04. The molecule has 0 spiro atoms. The molecule has 19 heavy (non-hydrogen) atoms. The van der Waals surface area contributed by atoms with Gasteiger partial charge in [-0.2, -0.15) is 0 Å². The van der Waals surface area contributed by atoms with Gasteiger partial charge in [-0.05, 0) is 24.1 Å². The van der Waals surface area contributed by atoms with E-state index in [0.29, 0.717) is 5.15 Å². The van der Waals surface area contributed by atoms with E-state index in [-0.39, 0.29) is 0 Å². The molecule has 2 rings (SSSR count). The van der Waals surface area contributed by atoms with E-state index in [1.54, 1.807) is 17.8 Å². The zero-order valence-corrected chi connectivity index (χ0v) is 12.9. The van der Waals surface area contributed by atoms with Crippen LogP contribution in [0.3, 0.4) is 0 Å². The monoisotopic (exact) mass is 312 g/mol. The molecule has 0 amide bonds. The first-order valence-corrected chi connectivity index (χ1v) is 7.82. The van der Waals surface area contributed by atoms with Gasteiger partial charge in [0, 0.05) is 23.3 Å². The molecule has 0 bridgehead atoms. The second-order valence-electron chi connectivity index (χ2n) is 4.11. The van der Waals surface area contributed by atoms with Crippen LogP contribution in [0.5, 0.6) is 0 Å². The maximum absolute atomic E-state index is 6.01. The minimum Gasteiger partial charge on any atom is -0.226 e. The molecule has 5 heteroatoms. The van der Waals surface area contributed by atoms with Crippen LogP contribution in [0.2, 0.25) is 10.2 Å². The Hall–Kier alpha value is -0.770. The molecule has 0 atom stereocenters. The molecule has 0 aliphatic heterocycles. The van der Waals surface area contributed by atoms with Gasteiger partial charge in [0.25, 0.3) is 0 Å². The standard InChI is InChI=1S/C14H14Cl2N2S/c1-2-3-13-17-12(16)8-14(18-13)19-9-10-4-6-11(15)7-5-10/h4-8H,2-3,9H2,1H3. The largest absolute Gasteiger partial charge is 0.226 e. The molecule has 2 aromatic rings. The molecular formula is C14H14Cl2N2S. The van der Waals surface area contributed by atoms with Crippen molar-refractivity contribution < 1.29 is 0 Å². The molecule has 0 unspecified atom stereocenters. The van der Waals surface area contributed by atoms with E-state index in [9.17, 15) is 0 Å². The molecule has 100 valence electrons. The third-order valence-electron chi connectivity index (χ3n) is 2.49. The summed E-state index contributed by atoms with van der Waals surface area (Å²) in [7, 11) is 0. The lowest BCUT2D eigenvalue weighted by Crippen LogP contribution is -1.96. The molecule has 0 aliphatic carbocycles. The summed E-state index contributed by atoms with van der Waals surface area (Å²) >= 11 is 13.5. The SMILES string of the molecule is CCCc1nc(Cl)cc(SCc2ccc(Cl)cc2)n1. The maximum Gasteiger partial charge on any atom is 0.133 e. The highest BCUT2D eigenvalue weighted by Crippen LogP contribution is 2.24. The lowest BCUT2D eigenvalue weighted by molar-refractivity contribution is 0.809. The van der Waals surface area contributed by atoms with Crippen molar-refractivity contribution in [1.82, 2.24) is 9.97 Å². The summed E-state index contributed by atoms with van der Waals surface area (Å²) in [5, 5.41) is 2.18. The third kappa shape index (κ3) is 4.68. The predicted molar refractivity (Wildman–Crippen MR) is 82.1 cm³/mol. The summed E-state index contributed by atoms with van der Waals surface area (Å²) < 4.78 is 0. The van der Waals surface area contributed by atoms with E-state index in [0.717, 1.165) is 34.5 Å². The quantitative estimate of drug-likeness (QED) is 0.572. The molecular weight excluding hydrogens is 299 g/mol. The van der Waals surface area contributed by atoms with Gasteiger partial charge in [0.15, 0.2) is 0 Å². The number of halogens is 2. The van der Waals surface area contributed by atoms with Crippen LogP contribution >= 0.6 is 35.0 Å². The van der Waals surface area contributed by atoms with E-state index in [1.165, 1.54) is 5.56 Å². The minimum absolute atomic E-state index is 0.511. The molecule has 1 aromatic carbocycles. The van der Waals surface area contributed by atoms with Crippen molar-refractivity contribution in [2.75, 3.05) is 0 Å². The molecule has 1 heterocycles. The molecule has 1 aromatic heterocycles. The fraction of sp³-hybridized carbons (Fsp3) is 0.286. The van der Waals surface area contributed by atoms with Crippen molar-refractivity contribution in [2.24, 2.45) is 0 Å². The maximum atomic E-state index is 6.01. The minimum atomic E-state index is 0.511. The molecule has 0 aliphatic rings. The number of thioether (sulfide) groups is 1. The van der Waals surface area contributed by atoms with Gasteiger partial charge >= 0.3 is 0 Å². The average molecular weight is 313 g/mol. The van der Waals surface area contributed by atoms with Gasteiger partial charge in [-0.1, -0.05) is 42.3 Å². The number of hydrogen-bond donors (Lipinski definition) is 0. The Labute approximate surface area is 127 Å². The smallest absolute Gasteiger partial charge is 0.133 e. The first-order valence-electron chi connectivity index (χ1n) is 6.08. The molecule has 0 saturated heterocycles. The zero-order chi connectivity index (χ0) is 13.7. The third-order valence-corrected chi connectivity index (χ3v) is 3.92. The lowest BCUT2D eigenvalue weighted by Gasteiger charge is -2.04. The summed E-state index contributed by atoms with van der Waals surface area (Å²) in [6.45, 7) is 2.10. The normalized spacial score (nSPS) is 10.7. The van der Waals surface area contributed by atoms with Gasteiger partial charge in [0.2, 0.25) is 0 Å². The van der Waals surface area contributed by atoms with Crippen LogP contribution in [0.4, 0.5) is 0 Å². The Kier molecular flexibility index (Phi) is 5.49. The van der Waals surface area contributed by atoms with E-state index in [2.05, 4.69) is 16.9 Å². The van der Waals surface area contributed by atoms with Crippen molar-refractivity contribution in [3.63, 3.8) is 0 Å². The molecule has 0 N–H and O–H groups in total. The predicted octanol–water partition coefficient (Wildman–Crippen LogP) is 5.03. The summed E-state index contributed by atoms with van der Waals surface area (Å²) in [6, 6.07) is 9.64. The molecule has 0 fully saturated rings. The number of aryl methyl sites for hydroxylation is 1. The molecule has 0 saturated carbocycles. The zero-order valence-electron chi connectivity index (χ0n) is 10.6. The van der Waals surface area contributed by atoms with Crippen molar-refractivity contribution in [3.05, 3.63) is 51.9 Å². The Morgan fingerprint density at radius 1 is 1.11 bits per heavy atom. The fourth-order valence-electron chi connectivity index (χ4n) is 1.59. The van der Waals surface area contributed by atoms with Crippen LogP contribution in [0.15, 0.2) is 35.4 Å². The Morgan fingerprint density at radius 3 is 2.53 bits per heavy atom. The summed E-state index contributed by atoms with van der Waals surface area (Å²) in [5.41, 5.74) is 1.21. The number of hydrogen-bond acceptors (Lipinski definition) is 3. The highest BCUT2D eigenvalue weighted by molar-refractivity contribution is 7.98. The first kappa shape index (κ1) is 14.6. The van der Waals surface area contributed by atoms with E-state index in [1.807, 2.05) is 24.3 Å². The Bertz CT molecular complexity index is 544. The lowest BCUT2D eigenvalue weighted by atomic mass is 10.2. The average Bonchev–Trinajstić information content (AvgIpc) is 2.38. The van der Waals surface area contributed by atoms with Gasteiger partial charge in [-0.25, -0.2) is 9.97 Å². The number of aromatic nitrogens is 2. The van der Waals surface area contributed by atoms with E-state index in [4.69, 9.17) is 23.2 Å². The van der Waals surface area contributed by atoms with Crippen LogP contribution < -0.4 is 0 Å². The highest BCUT2D eigenvalue weighted by atomic mass is 35.5. The van der Waals surface area contributed by atoms with E-state index < -0.39 is 0 Å². The summed E-state index contributed by atoms with van der Waals surface area (Å²) in [4.78, 5) is 8.71. The number of nitrogens with zero attached hydrogens (tertiary/aromatic N) is 2.